The van der Waals surface area contributed by atoms with Gasteiger partial charge in [-0.15, -0.1) is 0 Å². The number of nitrogens with zero attached hydrogens (tertiary/aromatic N) is 4. The van der Waals surface area contributed by atoms with E-state index in [9.17, 15) is 19.0 Å². The summed E-state index contributed by atoms with van der Waals surface area (Å²) in [5.41, 5.74) is 6.31. The second kappa shape index (κ2) is 5.83. The molecular weight excluding hydrogens is 318 g/mol. The molecule has 3 rings (SSSR count). The lowest BCUT2D eigenvalue weighted by atomic mass is 10.1. The first-order valence-electron chi connectivity index (χ1n) is 6.16. The number of nitrogen functional groups attached to an aromatic ring is 1. The van der Waals surface area contributed by atoms with E-state index in [1.54, 1.807) is 0 Å². The molecule has 11 nitrogen and oxygen atoms in total. The number of aromatic nitrogens is 4. The van der Waals surface area contributed by atoms with Crippen LogP contribution in [0.3, 0.4) is 0 Å². The minimum Gasteiger partial charge on any atom is -0.750 e. The first-order chi connectivity index (χ1) is 10.5. The lowest BCUT2D eigenvalue weighted by molar-refractivity contribution is -0.0469. The van der Waals surface area contributed by atoms with Crippen molar-refractivity contribution in [3.8, 4) is 0 Å². The third kappa shape index (κ3) is 2.55. The quantitative estimate of drug-likeness (QED) is 0.525. The maximum atomic E-state index is 10.4. The topological polar surface area (TPSA) is 169 Å². The summed E-state index contributed by atoms with van der Waals surface area (Å²) in [5.74, 6) is 0.165. The van der Waals surface area contributed by atoms with Crippen LogP contribution in [0.15, 0.2) is 12.7 Å². The summed E-state index contributed by atoms with van der Waals surface area (Å²) in [4.78, 5) is 11.8. The normalized spacial score (nSPS) is 30.0. The Morgan fingerprint density at radius 1 is 1.41 bits per heavy atom. The van der Waals surface area contributed by atoms with Crippen LogP contribution in [0.25, 0.3) is 11.2 Å². The summed E-state index contributed by atoms with van der Waals surface area (Å²) in [6.45, 7) is -0.422. The molecule has 0 spiro atoms. The van der Waals surface area contributed by atoms with Gasteiger partial charge in [-0.2, -0.15) is 0 Å². The fourth-order valence-corrected chi connectivity index (χ4v) is 2.52. The van der Waals surface area contributed by atoms with E-state index in [-0.39, 0.29) is 5.82 Å². The summed E-state index contributed by atoms with van der Waals surface area (Å²) < 4.78 is 32.0. The number of anilines is 1. The largest absolute Gasteiger partial charge is 0.750 e. The standard InChI is InChI=1S/C10H13N5O6S/c11-8-5-9(13-2-12-8)15(3-14-5)10-7(17)6(16)4(21-10)1-20-22(18)19/h2-4,6-7,10,16-17H,1H2,(H,18,19)(H2,11,12,13)/p-1/t4-,6?,7?,10-/m1/s1. The van der Waals surface area contributed by atoms with Gasteiger partial charge in [-0.1, -0.05) is 0 Å². The van der Waals surface area contributed by atoms with Crippen LogP contribution in [0.4, 0.5) is 5.82 Å². The molecule has 22 heavy (non-hydrogen) atoms. The Hall–Kier alpha value is -1.70. The van der Waals surface area contributed by atoms with Crippen molar-refractivity contribution in [3.63, 3.8) is 0 Å². The smallest absolute Gasteiger partial charge is 0.167 e. The van der Waals surface area contributed by atoms with Crippen LogP contribution in [0.5, 0.6) is 0 Å². The number of ether oxygens (including phenoxy) is 1. The van der Waals surface area contributed by atoms with Crippen molar-refractivity contribution in [2.75, 3.05) is 12.3 Å². The number of aliphatic hydroxyl groups excluding tert-OH is 2. The highest BCUT2D eigenvalue weighted by molar-refractivity contribution is 7.74. The predicted molar refractivity (Wildman–Crippen MR) is 70.5 cm³/mol. The van der Waals surface area contributed by atoms with Crippen LogP contribution in [-0.4, -0.2) is 63.4 Å². The molecule has 1 saturated heterocycles. The number of fused-ring (bicyclic) bond motifs is 1. The third-order valence-electron chi connectivity index (χ3n) is 3.33. The Labute approximate surface area is 126 Å². The van der Waals surface area contributed by atoms with Crippen molar-refractivity contribution in [3.05, 3.63) is 12.7 Å². The molecule has 3 unspecified atom stereocenters. The highest BCUT2D eigenvalue weighted by Gasteiger charge is 2.44. The van der Waals surface area contributed by atoms with Gasteiger partial charge in [-0.3, -0.25) is 8.75 Å². The molecule has 0 radical (unpaired) electrons. The first kappa shape index (κ1) is 15.2. The number of nitrogens with two attached hydrogens (primary N) is 1. The summed E-state index contributed by atoms with van der Waals surface area (Å²) in [6.07, 6.45) is -2.11. The van der Waals surface area contributed by atoms with Crippen molar-refractivity contribution in [1.29, 1.82) is 0 Å². The second-order valence-corrected chi connectivity index (χ2v) is 5.26. The zero-order chi connectivity index (χ0) is 15.9. The average molecular weight is 330 g/mol. The highest BCUT2D eigenvalue weighted by Crippen LogP contribution is 2.32. The molecule has 5 atom stereocenters. The second-order valence-electron chi connectivity index (χ2n) is 4.62. The van der Waals surface area contributed by atoms with Crippen LogP contribution in [0.1, 0.15) is 6.23 Å². The van der Waals surface area contributed by atoms with E-state index in [2.05, 4.69) is 19.1 Å². The van der Waals surface area contributed by atoms with E-state index in [0.717, 1.165) is 0 Å². The summed E-state index contributed by atoms with van der Waals surface area (Å²) in [6, 6.07) is 0. The van der Waals surface area contributed by atoms with E-state index >= 15 is 0 Å². The fraction of sp³-hybridized carbons (Fsp3) is 0.500. The molecule has 0 aromatic carbocycles. The van der Waals surface area contributed by atoms with E-state index < -0.39 is 42.5 Å². The fourth-order valence-electron chi connectivity index (χ4n) is 2.28. The van der Waals surface area contributed by atoms with Crippen LogP contribution in [0.2, 0.25) is 0 Å². The Kier molecular flexibility index (Phi) is 4.03. The molecule has 0 amide bonds. The van der Waals surface area contributed by atoms with E-state index in [1.807, 2.05) is 0 Å². The molecule has 0 saturated carbocycles. The zero-order valence-corrected chi connectivity index (χ0v) is 11.8. The lowest BCUT2D eigenvalue weighted by Gasteiger charge is -2.16. The number of hydrogen-bond acceptors (Lipinski definition) is 10. The molecule has 1 aliphatic rings. The molecule has 2 aromatic rings. The van der Waals surface area contributed by atoms with Crippen molar-refractivity contribution >= 4 is 28.3 Å². The third-order valence-corrected chi connectivity index (χ3v) is 3.66. The summed E-state index contributed by atoms with van der Waals surface area (Å²) >= 11 is -2.74. The minimum atomic E-state index is -2.74. The van der Waals surface area contributed by atoms with Gasteiger partial charge in [0.25, 0.3) is 0 Å². The van der Waals surface area contributed by atoms with Crippen LogP contribution < -0.4 is 5.73 Å². The van der Waals surface area contributed by atoms with Gasteiger partial charge < -0.3 is 25.2 Å². The van der Waals surface area contributed by atoms with Gasteiger partial charge in [0.05, 0.1) is 24.3 Å². The number of hydrogen-bond donors (Lipinski definition) is 3. The van der Waals surface area contributed by atoms with Crippen LogP contribution in [-0.2, 0) is 20.3 Å². The lowest BCUT2D eigenvalue weighted by Crippen LogP contribution is -2.34. The van der Waals surface area contributed by atoms with E-state index in [0.29, 0.717) is 11.2 Å². The Morgan fingerprint density at radius 2 is 2.18 bits per heavy atom. The minimum absolute atomic E-state index is 0.165. The van der Waals surface area contributed by atoms with Gasteiger partial charge in [0, 0.05) is 0 Å². The number of imidazole rings is 1. The zero-order valence-electron chi connectivity index (χ0n) is 11.0. The number of aliphatic hydroxyl groups is 2. The van der Waals surface area contributed by atoms with Crippen LogP contribution in [0, 0.1) is 0 Å². The SMILES string of the molecule is Nc1ncnc2c1ncn2[C@@H]1O[C@H](COS(=O)[O-])C(O)C1O. The van der Waals surface area contributed by atoms with E-state index in [4.69, 9.17) is 10.5 Å². The molecule has 1 fully saturated rings. The van der Waals surface area contributed by atoms with Gasteiger partial charge in [0.2, 0.25) is 0 Å². The molecule has 0 aliphatic carbocycles. The Balaban J connectivity index is 1.87. The molecule has 4 N–H and O–H groups in total. The maximum Gasteiger partial charge on any atom is 0.167 e. The first-order valence-corrected chi connectivity index (χ1v) is 7.16. The van der Waals surface area contributed by atoms with Gasteiger partial charge in [0.15, 0.2) is 17.7 Å². The van der Waals surface area contributed by atoms with Crippen LogP contribution >= 0.6 is 0 Å². The molecule has 12 heteroatoms. The number of rotatable bonds is 4. The predicted octanol–water partition coefficient (Wildman–Crippen LogP) is -2.16. The average Bonchev–Trinajstić information content (AvgIpc) is 3.01. The monoisotopic (exact) mass is 330 g/mol. The molecular formula is C10H12N5O6S-. The van der Waals surface area contributed by atoms with Gasteiger partial charge in [-0.05, 0) is 0 Å². The van der Waals surface area contributed by atoms with Crippen molar-refractivity contribution in [1.82, 2.24) is 19.5 Å². The van der Waals surface area contributed by atoms with Gasteiger partial charge in [0.1, 0.15) is 30.2 Å². The van der Waals surface area contributed by atoms with Gasteiger partial charge in [-0.25, -0.2) is 19.2 Å². The van der Waals surface area contributed by atoms with Crippen molar-refractivity contribution in [2.24, 2.45) is 0 Å². The Bertz CT molecular complexity index is 710. The highest BCUT2D eigenvalue weighted by atomic mass is 32.2. The summed E-state index contributed by atoms with van der Waals surface area (Å²) in [5, 5.41) is 20.0. The van der Waals surface area contributed by atoms with E-state index in [1.165, 1.54) is 17.2 Å². The molecule has 2 aromatic heterocycles. The summed E-state index contributed by atoms with van der Waals surface area (Å²) in [7, 11) is 0. The molecule has 3 heterocycles. The van der Waals surface area contributed by atoms with Crippen molar-refractivity contribution in [2.45, 2.75) is 24.5 Å². The Morgan fingerprint density at radius 3 is 2.91 bits per heavy atom. The maximum absolute atomic E-state index is 10.4. The molecule has 0 bridgehead atoms. The molecule has 120 valence electrons. The van der Waals surface area contributed by atoms with Crippen molar-refractivity contribution < 1.29 is 27.9 Å². The molecule has 1 aliphatic heterocycles. The van der Waals surface area contributed by atoms with Gasteiger partial charge >= 0.3 is 0 Å².